The maximum atomic E-state index is 13.4. The first-order chi connectivity index (χ1) is 14.5. The highest BCUT2D eigenvalue weighted by Crippen LogP contribution is 2.30. The molecule has 30 heavy (non-hydrogen) atoms. The molecule has 1 aliphatic rings. The van der Waals surface area contributed by atoms with Crippen molar-refractivity contribution in [2.24, 2.45) is 0 Å². The molecule has 0 radical (unpaired) electrons. The standard InChI is InChI=1S/C21H22N4O5/c1-4-14(19(26)24-11-10-13-8-6-7-9-15(13)24)25-12(3)22-18-16(20(25)27)17(23-30-18)21(28)29-5-2/h6-9,14H,4-5,10-11H2,1-3H3. The summed E-state index contributed by atoms with van der Waals surface area (Å²) >= 11 is 0. The lowest BCUT2D eigenvalue weighted by atomic mass is 10.1. The maximum Gasteiger partial charge on any atom is 0.361 e. The monoisotopic (exact) mass is 410 g/mol. The highest BCUT2D eigenvalue weighted by molar-refractivity contribution is 6.00. The number of para-hydroxylation sites is 1. The van der Waals surface area contributed by atoms with Crippen LogP contribution >= 0.6 is 0 Å². The largest absolute Gasteiger partial charge is 0.461 e. The number of aryl methyl sites for hydroxylation is 1. The minimum absolute atomic E-state index is 0.0503. The second-order valence-electron chi connectivity index (χ2n) is 7.06. The molecule has 0 saturated carbocycles. The number of esters is 1. The van der Waals surface area contributed by atoms with Crippen LogP contribution in [0.3, 0.4) is 0 Å². The number of amides is 1. The van der Waals surface area contributed by atoms with Gasteiger partial charge < -0.3 is 14.2 Å². The van der Waals surface area contributed by atoms with Crippen molar-refractivity contribution < 1.29 is 18.8 Å². The summed E-state index contributed by atoms with van der Waals surface area (Å²) in [6.45, 7) is 5.80. The fraction of sp³-hybridized carbons (Fsp3) is 0.381. The van der Waals surface area contributed by atoms with Crippen LogP contribution in [0.4, 0.5) is 5.69 Å². The number of aromatic nitrogens is 3. The van der Waals surface area contributed by atoms with Crippen LogP contribution in [0.5, 0.6) is 0 Å². The molecule has 0 spiro atoms. The summed E-state index contributed by atoms with van der Waals surface area (Å²) in [6.07, 6.45) is 1.15. The molecular weight excluding hydrogens is 388 g/mol. The van der Waals surface area contributed by atoms with Crippen molar-refractivity contribution in [3.8, 4) is 0 Å². The average molecular weight is 410 g/mol. The van der Waals surface area contributed by atoms with Gasteiger partial charge in [0.25, 0.3) is 11.3 Å². The third-order valence-corrected chi connectivity index (χ3v) is 5.32. The fourth-order valence-electron chi connectivity index (χ4n) is 3.94. The Hall–Kier alpha value is -3.49. The molecule has 9 nitrogen and oxygen atoms in total. The van der Waals surface area contributed by atoms with Crippen LogP contribution in [-0.2, 0) is 16.0 Å². The van der Waals surface area contributed by atoms with E-state index < -0.39 is 17.6 Å². The fourth-order valence-corrected chi connectivity index (χ4v) is 3.94. The zero-order valence-electron chi connectivity index (χ0n) is 17.0. The van der Waals surface area contributed by atoms with Gasteiger partial charge in [-0.3, -0.25) is 14.2 Å². The molecule has 0 N–H and O–H groups in total. The molecule has 1 unspecified atom stereocenters. The number of rotatable bonds is 5. The minimum atomic E-state index is -0.773. The third kappa shape index (κ3) is 3.06. The predicted molar refractivity (Wildman–Crippen MR) is 109 cm³/mol. The highest BCUT2D eigenvalue weighted by atomic mass is 16.5. The van der Waals surface area contributed by atoms with E-state index >= 15 is 0 Å². The van der Waals surface area contributed by atoms with E-state index in [1.54, 1.807) is 18.7 Å². The van der Waals surface area contributed by atoms with E-state index in [1.165, 1.54) is 4.57 Å². The van der Waals surface area contributed by atoms with Gasteiger partial charge in [0.15, 0.2) is 0 Å². The molecule has 2 aromatic heterocycles. The summed E-state index contributed by atoms with van der Waals surface area (Å²) in [5.41, 5.74) is 1.13. The van der Waals surface area contributed by atoms with E-state index in [4.69, 9.17) is 9.26 Å². The average Bonchev–Trinajstić information content (AvgIpc) is 3.35. The number of benzene rings is 1. The van der Waals surface area contributed by atoms with E-state index in [9.17, 15) is 14.4 Å². The molecule has 0 aliphatic carbocycles. The Morgan fingerprint density at radius 1 is 1.27 bits per heavy atom. The number of fused-ring (bicyclic) bond motifs is 2. The highest BCUT2D eigenvalue weighted by Gasteiger charge is 2.33. The van der Waals surface area contributed by atoms with Crippen molar-refractivity contribution in [3.05, 3.63) is 51.7 Å². The zero-order chi connectivity index (χ0) is 21.4. The number of hydrogen-bond donors (Lipinski definition) is 0. The number of nitrogens with zero attached hydrogens (tertiary/aromatic N) is 4. The molecule has 1 amide bonds. The normalized spacial score (nSPS) is 14.0. The first-order valence-electron chi connectivity index (χ1n) is 9.92. The van der Waals surface area contributed by atoms with Crippen LogP contribution in [0, 0.1) is 6.92 Å². The summed E-state index contributed by atoms with van der Waals surface area (Å²) in [6, 6.07) is 6.96. The van der Waals surface area contributed by atoms with E-state index in [2.05, 4.69) is 10.1 Å². The first kappa shape index (κ1) is 19.8. The van der Waals surface area contributed by atoms with Crippen molar-refractivity contribution in [2.75, 3.05) is 18.1 Å². The van der Waals surface area contributed by atoms with Crippen LogP contribution in [0.15, 0.2) is 33.6 Å². The lowest BCUT2D eigenvalue weighted by molar-refractivity contribution is -0.121. The molecule has 4 rings (SSSR count). The Bertz CT molecular complexity index is 1200. The van der Waals surface area contributed by atoms with Crippen LogP contribution in [0.1, 0.15) is 48.2 Å². The number of hydrogen-bond acceptors (Lipinski definition) is 7. The van der Waals surface area contributed by atoms with E-state index in [0.29, 0.717) is 18.8 Å². The lowest BCUT2D eigenvalue weighted by Crippen LogP contribution is -2.40. The van der Waals surface area contributed by atoms with Gasteiger partial charge in [0.05, 0.1) is 6.61 Å². The molecule has 156 valence electrons. The number of anilines is 1. The van der Waals surface area contributed by atoms with Crippen molar-refractivity contribution in [3.63, 3.8) is 0 Å². The minimum Gasteiger partial charge on any atom is -0.461 e. The Morgan fingerprint density at radius 3 is 2.77 bits per heavy atom. The topological polar surface area (TPSA) is 108 Å². The zero-order valence-corrected chi connectivity index (χ0v) is 17.0. The summed E-state index contributed by atoms with van der Waals surface area (Å²) in [5, 5.41) is 3.60. The van der Waals surface area contributed by atoms with E-state index in [-0.39, 0.29) is 29.3 Å². The van der Waals surface area contributed by atoms with Crippen molar-refractivity contribution in [1.82, 2.24) is 14.7 Å². The molecule has 9 heteroatoms. The van der Waals surface area contributed by atoms with Crippen LogP contribution in [-0.4, -0.2) is 39.7 Å². The quantitative estimate of drug-likeness (QED) is 0.594. The van der Waals surface area contributed by atoms with Crippen molar-refractivity contribution >= 4 is 28.7 Å². The summed E-state index contributed by atoms with van der Waals surface area (Å²) in [4.78, 5) is 45.0. The van der Waals surface area contributed by atoms with E-state index in [1.807, 2.05) is 31.2 Å². The second kappa shape index (κ2) is 7.74. The van der Waals surface area contributed by atoms with Gasteiger partial charge in [0, 0.05) is 12.2 Å². The van der Waals surface area contributed by atoms with Crippen molar-refractivity contribution in [2.45, 2.75) is 39.7 Å². The molecule has 3 heterocycles. The Balaban J connectivity index is 1.81. The van der Waals surface area contributed by atoms with Crippen molar-refractivity contribution in [1.29, 1.82) is 0 Å². The van der Waals surface area contributed by atoms with Gasteiger partial charge in [0.1, 0.15) is 17.3 Å². The summed E-state index contributed by atoms with van der Waals surface area (Å²) < 4.78 is 11.4. The Labute approximate surface area is 172 Å². The smallest absolute Gasteiger partial charge is 0.361 e. The summed E-state index contributed by atoms with van der Waals surface area (Å²) in [7, 11) is 0. The third-order valence-electron chi connectivity index (χ3n) is 5.32. The molecule has 0 fully saturated rings. The van der Waals surface area contributed by atoms with Crippen LogP contribution < -0.4 is 10.5 Å². The van der Waals surface area contributed by atoms with Crippen LogP contribution in [0.2, 0.25) is 0 Å². The van der Waals surface area contributed by atoms with Gasteiger partial charge >= 0.3 is 5.97 Å². The second-order valence-corrected chi connectivity index (χ2v) is 7.06. The first-order valence-corrected chi connectivity index (χ1v) is 9.92. The van der Waals surface area contributed by atoms with E-state index in [0.717, 1.165) is 17.7 Å². The van der Waals surface area contributed by atoms with Crippen LogP contribution in [0.25, 0.3) is 11.1 Å². The van der Waals surface area contributed by atoms with Gasteiger partial charge in [-0.1, -0.05) is 30.3 Å². The number of carbonyl (C=O) groups excluding carboxylic acids is 2. The maximum absolute atomic E-state index is 13.4. The molecular formula is C21H22N4O5. The van der Waals surface area contributed by atoms with Gasteiger partial charge in [-0.05, 0) is 38.3 Å². The Kier molecular flexibility index (Phi) is 5.11. The molecule has 0 bridgehead atoms. The molecule has 0 saturated heterocycles. The van der Waals surface area contributed by atoms with Gasteiger partial charge in [0.2, 0.25) is 11.6 Å². The Morgan fingerprint density at radius 2 is 2.03 bits per heavy atom. The number of carbonyl (C=O) groups is 2. The predicted octanol–water partition coefficient (Wildman–Crippen LogP) is 2.41. The van der Waals surface area contributed by atoms with Gasteiger partial charge in [-0.25, -0.2) is 4.79 Å². The molecule has 3 aromatic rings. The SMILES string of the molecule is CCOC(=O)c1noc2nc(C)n(C(CC)C(=O)N3CCc4ccccc43)c(=O)c12. The molecule has 1 aliphatic heterocycles. The molecule has 1 aromatic carbocycles. The number of ether oxygens (including phenoxy) is 1. The lowest BCUT2D eigenvalue weighted by Gasteiger charge is -2.25. The summed E-state index contributed by atoms with van der Waals surface area (Å²) in [5.74, 6) is -0.645. The molecule has 1 atom stereocenters. The van der Waals surface area contributed by atoms with Gasteiger partial charge in [-0.15, -0.1) is 0 Å². The van der Waals surface area contributed by atoms with Gasteiger partial charge in [-0.2, -0.15) is 4.98 Å².